The maximum Gasteiger partial charge on any atom is 0.256 e. The molecule has 0 unspecified atom stereocenters. The number of benzene rings is 2. The molecule has 9 heteroatoms. The van der Waals surface area contributed by atoms with E-state index in [-0.39, 0.29) is 24.3 Å². The summed E-state index contributed by atoms with van der Waals surface area (Å²) in [4.78, 5) is 43.0. The molecule has 0 aromatic heterocycles. The highest BCUT2D eigenvalue weighted by atomic mass is 16.5. The Kier molecular flexibility index (Phi) is 7.67. The molecular formula is C26H31N3O6. The number of likely N-dealkylation sites (tertiary alicyclic amines) is 1. The quantitative estimate of drug-likeness (QED) is 0.607. The first-order valence-corrected chi connectivity index (χ1v) is 11.7. The minimum Gasteiger partial charge on any atom is -0.497 e. The first-order chi connectivity index (χ1) is 17.0. The number of hydrogen-bond donors (Lipinski definition) is 1. The molecule has 0 saturated carbocycles. The van der Waals surface area contributed by atoms with E-state index in [1.807, 2.05) is 6.07 Å². The molecule has 2 aromatic rings. The highest BCUT2D eigenvalue weighted by Gasteiger charge is 2.54. The van der Waals surface area contributed by atoms with E-state index in [1.165, 1.54) is 0 Å². The second-order valence-corrected chi connectivity index (χ2v) is 8.62. The Morgan fingerprint density at radius 3 is 2.26 bits per heavy atom. The zero-order chi connectivity index (χ0) is 24.8. The monoisotopic (exact) mass is 481 g/mol. The Bertz CT molecular complexity index is 1030. The van der Waals surface area contributed by atoms with Crippen molar-refractivity contribution in [1.82, 2.24) is 15.1 Å². The van der Waals surface area contributed by atoms with Crippen molar-refractivity contribution in [3.05, 3.63) is 65.7 Å². The smallest absolute Gasteiger partial charge is 0.256 e. The van der Waals surface area contributed by atoms with E-state index < -0.39 is 11.8 Å². The van der Waals surface area contributed by atoms with Crippen LogP contribution in [0.15, 0.2) is 54.6 Å². The fraction of sp³-hybridized carbons (Fsp3) is 0.423. The van der Waals surface area contributed by atoms with Crippen LogP contribution in [0.5, 0.6) is 5.75 Å². The molecule has 2 aliphatic heterocycles. The van der Waals surface area contributed by atoms with Crippen molar-refractivity contribution in [2.75, 3.05) is 47.1 Å². The lowest BCUT2D eigenvalue weighted by Crippen LogP contribution is -2.60. The molecule has 1 atom stereocenters. The van der Waals surface area contributed by atoms with Crippen LogP contribution in [0.25, 0.3) is 0 Å². The van der Waals surface area contributed by atoms with E-state index in [4.69, 9.17) is 14.2 Å². The summed E-state index contributed by atoms with van der Waals surface area (Å²) >= 11 is 0. The highest BCUT2D eigenvalue weighted by molar-refractivity contribution is 5.98. The number of hydrogen-bond acceptors (Lipinski definition) is 6. The first-order valence-electron chi connectivity index (χ1n) is 11.7. The van der Waals surface area contributed by atoms with Gasteiger partial charge in [-0.3, -0.25) is 19.3 Å². The third-order valence-corrected chi connectivity index (χ3v) is 6.58. The summed E-state index contributed by atoms with van der Waals surface area (Å²) < 4.78 is 16.4. The predicted molar refractivity (Wildman–Crippen MR) is 128 cm³/mol. The van der Waals surface area contributed by atoms with E-state index in [0.29, 0.717) is 56.0 Å². The van der Waals surface area contributed by atoms with Crippen LogP contribution in [0.1, 0.15) is 33.6 Å². The lowest BCUT2D eigenvalue weighted by Gasteiger charge is -2.44. The molecule has 4 rings (SSSR count). The number of methoxy groups -OCH3 is 2. The first kappa shape index (κ1) is 24.7. The van der Waals surface area contributed by atoms with E-state index in [0.717, 1.165) is 0 Å². The van der Waals surface area contributed by atoms with E-state index in [1.54, 1.807) is 72.6 Å². The topological polar surface area (TPSA) is 97.4 Å². The number of nitrogens with zero attached hydrogens (tertiary/aromatic N) is 2. The minimum absolute atomic E-state index is 0.0877. The number of carbonyl (C=O) groups is 3. The summed E-state index contributed by atoms with van der Waals surface area (Å²) in [6.07, 6.45) is 0.824. The van der Waals surface area contributed by atoms with Crippen molar-refractivity contribution >= 4 is 17.7 Å². The van der Waals surface area contributed by atoms with Gasteiger partial charge in [0, 0.05) is 50.7 Å². The minimum atomic E-state index is -0.952. The van der Waals surface area contributed by atoms with Gasteiger partial charge in [-0.25, -0.2) is 0 Å². The van der Waals surface area contributed by atoms with Gasteiger partial charge in [0.15, 0.2) is 0 Å². The van der Waals surface area contributed by atoms with Crippen LogP contribution in [0.3, 0.4) is 0 Å². The third-order valence-electron chi connectivity index (χ3n) is 6.58. The Morgan fingerprint density at radius 1 is 0.971 bits per heavy atom. The Labute approximate surface area is 204 Å². The van der Waals surface area contributed by atoms with Crippen molar-refractivity contribution < 1.29 is 28.6 Å². The molecule has 2 aromatic carbocycles. The van der Waals surface area contributed by atoms with Crippen LogP contribution < -0.4 is 10.1 Å². The molecule has 2 aliphatic rings. The average molecular weight is 482 g/mol. The summed E-state index contributed by atoms with van der Waals surface area (Å²) in [6, 6.07) is 15.1. The van der Waals surface area contributed by atoms with Gasteiger partial charge in [-0.1, -0.05) is 18.2 Å². The molecule has 2 heterocycles. The van der Waals surface area contributed by atoms with Crippen LogP contribution in [0.2, 0.25) is 0 Å². The van der Waals surface area contributed by atoms with Gasteiger partial charge in [0.05, 0.1) is 20.3 Å². The normalized spacial score (nSPS) is 19.0. The van der Waals surface area contributed by atoms with Gasteiger partial charge in [-0.2, -0.15) is 0 Å². The Hall–Kier alpha value is -3.43. The van der Waals surface area contributed by atoms with Crippen LogP contribution in [-0.2, 0) is 14.3 Å². The lowest BCUT2D eigenvalue weighted by atomic mass is 9.96. The molecule has 35 heavy (non-hydrogen) atoms. The van der Waals surface area contributed by atoms with Gasteiger partial charge in [-0.05, 0) is 36.4 Å². The summed E-state index contributed by atoms with van der Waals surface area (Å²) in [6.45, 7) is 1.63. The fourth-order valence-corrected chi connectivity index (χ4v) is 4.66. The Balaban J connectivity index is 1.52. The van der Waals surface area contributed by atoms with Gasteiger partial charge < -0.3 is 24.4 Å². The number of amides is 3. The number of ether oxygens (including phenoxy) is 3. The average Bonchev–Trinajstić information content (AvgIpc) is 3.27. The molecular weight excluding hydrogens is 450 g/mol. The van der Waals surface area contributed by atoms with Gasteiger partial charge in [-0.15, -0.1) is 0 Å². The number of carbonyl (C=O) groups excluding carboxylic acids is 3. The van der Waals surface area contributed by atoms with Crippen LogP contribution in [0, 0.1) is 0 Å². The Morgan fingerprint density at radius 2 is 1.63 bits per heavy atom. The molecule has 9 nitrogen and oxygen atoms in total. The number of piperidine rings is 1. The van der Waals surface area contributed by atoms with Crippen molar-refractivity contribution in [2.45, 2.75) is 24.6 Å². The summed E-state index contributed by atoms with van der Waals surface area (Å²) in [7, 11) is 3.14. The molecule has 1 N–H and O–H groups in total. The molecule has 3 amide bonds. The maximum absolute atomic E-state index is 13.6. The molecule has 0 radical (unpaired) electrons. The molecule has 186 valence electrons. The van der Waals surface area contributed by atoms with Gasteiger partial charge in [0.2, 0.25) is 5.91 Å². The van der Waals surface area contributed by atoms with Gasteiger partial charge in [0.25, 0.3) is 11.8 Å². The summed E-state index contributed by atoms with van der Waals surface area (Å²) in [5.74, 6) is 0.0588. The van der Waals surface area contributed by atoms with E-state index >= 15 is 0 Å². The van der Waals surface area contributed by atoms with Crippen molar-refractivity contribution in [2.24, 2.45) is 0 Å². The fourth-order valence-electron chi connectivity index (χ4n) is 4.66. The van der Waals surface area contributed by atoms with Crippen LogP contribution in [0.4, 0.5) is 0 Å². The van der Waals surface area contributed by atoms with Crippen molar-refractivity contribution in [3.8, 4) is 5.75 Å². The van der Waals surface area contributed by atoms with Crippen LogP contribution >= 0.6 is 0 Å². The molecule has 2 fully saturated rings. The maximum atomic E-state index is 13.6. The van der Waals surface area contributed by atoms with Crippen molar-refractivity contribution in [3.63, 3.8) is 0 Å². The van der Waals surface area contributed by atoms with Crippen molar-refractivity contribution in [1.29, 1.82) is 0 Å². The predicted octanol–water partition coefficient (Wildman–Crippen LogP) is 1.93. The third kappa shape index (κ3) is 5.16. The molecule has 1 spiro atoms. The van der Waals surface area contributed by atoms with Gasteiger partial charge >= 0.3 is 0 Å². The zero-order valence-corrected chi connectivity index (χ0v) is 20.1. The molecule has 2 saturated heterocycles. The molecule has 0 aliphatic carbocycles. The highest BCUT2D eigenvalue weighted by Crippen LogP contribution is 2.38. The van der Waals surface area contributed by atoms with E-state index in [9.17, 15) is 14.4 Å². The zero-order valence-electron chi connectivity index (χ0n) is 20.1. The SMILES string of the molecule is COCCNC(=O)[C@@H]1COC2(CCN(C(=O)c3ccc(OC)cc3)CC2)N1C(=O)c1ccccc1. The standard InChI is InChI=1S/C26H31N3O6/c1-33-17-14-27-23(30)22-18-35-26(29(22)25(32)19-6-4-3-5-7-19)12-15-28(16-13-26)24(31)20-8-10-21(34-2)11-9-20/h3-11,22H,12-18H2,1-2H3,(H,27,30)/t22-/m0/s1. The number of rotatable bonds is 7. The molecule has 0 bridgehead atoms. The second-order valence-electron chi connectivity index (χ2n) is 8.62. The lowest BCUT2D eigenvalue weighted by molar-refractivity contribution is -0.128. The second kappa shape index (κ2) is 10.9. The largest absolute Gasteiger partial charge is 0.497 e. The van der Waals surface area contributed by atoms with E-state index in [2.05, 4.69) is 5.32 Å². The van der Waals surface area contributed by atoms with Crippen LogP contribution in [-0.4, -0.2) is 86.4 Å². The number of nitrogens with one attached hydrogen (secondary N) is 1. The van der Waals surface area contributed by atoms with Gasteiger partial charge in [0.1, 0.15) is 17.5 Å². The summed E-state index contributed by atoms with van der Waals surface area (Å²) in [5.41, 5.74) is 0.109. The summed E-state index contributed by atoms with van der Waals surface area (Å²) in [5, 5.41) is 2.83.